The molecular weight excluding hydrogens is 246 g/mol. The Morgan fingerprint density at radius 2 is 2.00 bits per heavy atom. The molecule has 0 saturated heterocycles. The molecule has 0 fully saturated rings. The van der Waals surface area contributed by atoms with Gasteiger partial charge in [-0.3, -0.25) is 10.1 Å². The van der Waals surface area contributed by atoms with Crippen LogP contribution in [0.2, 0.25) is 0 Å². The van der Waals surface area contributed by atoms with E-state index in [2.05, 4.69) is 4.42 Å². The normalized spacial score (nSPS) is 10.4. The number of hydrogen-bond acceptors (Lipinski definition) is 6. The molecule has 0 spiro atoms. The summed E-state index contributed by atoms with van der Waals surface area (Å²) in [6.45, 7) is 0. The van der Waals surface area contributed by atoms with E-state index in [1.165, 1.54) is 30.2 Å². The Kier molecular flexibility index (Phi) is 3.29. The fourth-order valence-electron chi connectivity index (χ4n) is 1.15. The van der Waals surface area contributed by atoms with Crippen LogP contribution >= 0.6 is 11.8 Å². The van der Waals surface area contributed by atoms with E-state index in [1.807, 2.05) is 0 Å². The molecule has 17 heavy (non-hydrogen) atoms. The lowest BCUT2D eigenvalue weighted by Gasteiger charge is -1.97. The van der Waals surface area contributed by atoms with Crippen LogP contribution in [-0.4, -0.2) is 4.92 Å². The SMILES string of the molecule is O=c1occ(CSc2ccc([N+](=O)[O-])cc2)o1. The molecule has 0 atom stereocenters. The van der Waals surface area contributed by atoms with Crippen molar-refractivity contribution in [3.63, 3.8) is 0 Å². The third kappa shape index (κ3) is 2.97. The van der Waals surface area contributed by atoms with Crippen LogP contribution in [0, 0.1) is 10.1 Å². The molecule has 0 unspecified atom stereocenters. The lowest BCUT2D eigenvalue weighted by atomic mass is 10.3. The third-order valence-corrected chi connectivity index (χ3v) is 2.96. The van der Waals surface area contributed by atoms with Crippen molar-refractivity contribution in [2.75, 3.05) is 0 Å². The molecule has 0 bridgehead atoms. The van der Waals surface area contributed by atoms with Crippen LogP contribution in [-0.2, 0) is 5.75 Å². The minimum atomic E-state index is -0.732. The summed E-state index contributed by atoms with van der Waals surface area (Å²) in [5, 5.41) is 10.4. The maximum atomic E-state index is 10.6. The number of nitrogens with zero attached hydrogens (tertiary/aromatic N) is 1. The molecule has 7 heteroatoms. The third-order valence-electron chi connectivity index (χ3n) is 1.93. The monoisotopic (exact) mass is 253 g/mol. The fourth-order valence-corrected chi connectivity index (χ4v) is 1.92. The van der Waals surface area contributed by atoms with Gasteiger partial charge in [0.1, 0.15) is 6.26 Å². The molecule has 0 amide bonds. The molecular formula is C10H7NO5S. The molecule has 1 heterocycles. The van der Waals surface area contributed by atoms with Crippen molar-refractivity contribution < 1.29 is 13.8 Å². The predicted molar refractivity (Wildman–Crippen MR) is 59.9 cm³/mol. The molecule has 1 aromatic carbocycles. The molecule has 2 aromatic rings. The number of nitro groups is 1. The van der Waals surface area contributed by atoms with Gasteiger partial charge in [-0.1, -0.05) is 0 Å². The van der Waals surface area contributed by atoms with Crippen molar-refractivity contribution in [1.82, 2.24) is 0 Å². The van der Waals surface area contributed by atoms with E-state index in [9.17, 15) is 14.9 Å². The van der Waals surface area contributed by atoms with Crippen LogP contribution in [0.15, 0.2) is 49.1 Å². The molecule has 0 aliphatic rings. The molecule has 6 nitrogen and oxygen atoms in total. The van der Waals surface area contributed by atoms with E-state index >= 15 is 0 Å². The smallest absolute Gasteiger partial charge is 0.399 e. The first-order valence-electron chi connectivity index (χ1n) is 4.60. The second-order valence-electron chi connectivity index (χ2n) is 3.09. The van der Waals surface area contributed by atoms with Crippen LogP contribution in [0.25, 0.3) is 0 Å². The van der Waals surface area contributed by atoms with Crippen molar-refractivity contribution in [2.45, 2.75) is 10.6 Å². The van der Waals surface area contributed by atoms with E-state index < -0.39 is 10.7 Å². The summed E-state index contributed by atoms with van der Waals surface area (Å²) in [4.78, 5) is 21.4. The van der Waals surface area contributed by atoms with Gasteiger partial charge in [-0.15, -0.1) is 11.8 Å². The van der Waals surface area contributed by atoms with Crippen LogP contribution < -0.4 is 5.82 Å². The Labute approximate surface area is 99.4 Å². The largest absolute Gasteiger partial charge is 0.518 e. The second kappa shape index (κ2) is 4.88. The summed E-state index contributed by atoms with van der Waals surface area (Å²) in [5.74, 6) is 0.131. The van der Waals surface area contributed by atoms with E-state index in [4.69, 9.17) is 4.42 Å². The van der Waals surface area contributed by atoms with Crippen molar-refractivity contribution in [3.8, 4) is 0 Å². The topological polar surface area (TPSA) is 86.5 Å². The lowest BCUT2D eigenvalue weighted by molar-refractivity contribution is -0.384. The Morgan fingerprint density at radius 3 is 2.53 bits per heavy atom. The zero-order valence-electron chi connectivity index (χ0n) is 8.49. The van der Waals surface area contributed by atoms with Gasteiger partial charge in [-0.25, -0.2) is 4.79 Å². The highest BCUT2D eigenvalue weighted by Crippen LogP contribution is 2.24. The van der Waals surface area contributed by atoms with Crippen molar-refractivity contribution in [2.24, 2.45) is 0 Å². The van der Waals surface area contributed by atoms with E-state index in [1.54, 1.807) is 12.1 Å². The maximum Gasteiger partial charge on any atom is 0.518 e. The molecule has 2 rings (SSSR count). The Balaban J connectivity index is 2.00. The molecule has 0 aliphatic heterocycles. The van der Waals surface area contributed by atoms with Crippen molar-refractivity contribution >= 4 is 17.4 Å². The van der Waals surface area contributed by atoms with Gasteiger partial charge in [-0.05, 0) is 12.1 Å². The van der Waals surface area contributed by atoms with Gasteiger partial charge in [-0.2, -0.15) is 0 Å². The van der Waals surface area contributed by atoms with E-state index in [-0.39, 0.29) is 5.69 Å². The average molecular weight is 253 g/mol. The molecule has 0 radical (unpaired) electrons. The van der Waals surface area contributed by atoms with Crippen LogP contribution in [0.4, 0.5) is 5.69 Å². The predicted octanol–water partition coefficient (Wildman–Crippen LogP) is 2.43. The molecule has 0 N–H and O–H groups in total. The molecule has 88 valence electrons. The average Bonchev–Trinajstić information content (AvgIpc) is 2.73. The highest BCUT2D eigenvalue weighted by atomic mass is 32.2. The van der Waals surface area contributed by atoms with Gasteiger partial charge >= 0.3 is 5.82 Å². The van der Waals surface area contributed by atoms with Gasteiger partial charge in [0.2, 0.25) is 0 Å². The van der Waals surface area contributed by atoms with Gasteiger partial charge in [0.25, 0.3) is 5.69 Å². The summed E-state index contributed by atoms with van der Waals surface area (Å²) >= 11 is 1.39. The highest BCUT2D eigenvalue weighted by molar-refractivity contribution is 7.98. The summed E-state index contributed by atoms with van der Waals surface area (Å²) in [7, 11) is 0. The van der Waals surface area contributed by atoms with Gasteiger partial charge < -0.3 is 8.83 Å². The van der Waals surface area contributed by atoms with Crippen molar-refractivity contribution in [3.05, 3.63) is 57.0 Å². The molecule has 0 aliphatic carbocycles. The lowest BCUT2D eigenvalue weighted by Crippen LogP contribution is -1.87. The van der Waals surface area contributed by atoms with E-state index in [0.29, 0.717) is 11.5 Å². The summed E-state index contributed by atoms with van der Waals surface area (Å²) in [6, 6.07) is 6.13. The first-order valence-corrected chi connectivity index (χ1v) is 5.58. The summed E-state index contributed by atoms with van der Waals surface area (Å²) < 4.78 is 9.19. The zero-order valence-corrected chi connectivity index (χ0v) is 9.31. The quantitative estimate of drug-likeness (QED) is 0.472. The second-order valence-corrected chi connectivity index (χ2v) is 4.14. The Hall–Kier alpha value is -2.02. The number of rotatable bonds is 4. The van der Waals surface area contributed by atoms with Gasteiger partial charge in [0.15, 0.2) is 5.76 Å². The van der Waals surface area contributed by atoms with Crippen LogP contribution in [0.5, 0.6) is 0 Å². The highest BCUT2D eigenvalue weighted by Gasteiger charge is 2.06. The standard InChI is InChI=1S/C10H7NO5S/c12-10-15-5-8(16-10)6-17-9-3-1-7(2-4-9)11(13)14/h1-5H,6H2. The maximum absolute atomic E-state index is 10.6. The minimum Gasteiger partial charge on any atom is -0.399 e. The molecule has 1 aromatic heterocycles. The Bertz CT molecular complexity index is 571. The number of nitro benzene ring substituents is 1. The zero-order chi connectivity index (χ0) is 12.3. The van der Waals surface area contributed by atoms with E-state index in [0.717, 1.165) is 4.90 Å². The number of hydrogen-bond donors (Lipinski definition) is 0. The summed E-state index contributed by atoms with van der Waals surface area (Å²) in [5.41, 5.74) is 0.0455. The first kappa shape index (κ1) is 11.5. The first-order chi connectivity index (χ1) is 8.15. The number of benzene rings is 1. The van der Waals surface area contributed by atoms with Crippen LogP contribution in [0.3, 0.4) is 0 Å². The van der Waals surface area contributed by atoms with Gasteiger partial charge in [0.05, 0.1) is 10.7 Å². The van der Waals surface area contributed by atoms with Gasteiger partial charge in [0, 0.05) is 17.0 Å². The summed E-state index contributed by atoms with van der Waals surface area (Å²) in [6.07, 6.45) is 1.25. The minimum absolute atomic E-state index is 0.0455. The van der Waals surface area contributed by atoms with Crippen LogP contribution in [0.1, 0.15) is 5.76 Å². The number of non-ortho nitro benzene ring substituents is 1. The van der Waals surface area contributed by atoms with Crippen molar-refractivity contribution in [1.29, 1.82) is 0 Å². The molecule has 0 saturated carbocycles. The Morgan fingerprint density at radius 1 is 1.29 bits per heavy atom. The number of thioether (sulfide) groups is 1. The fraction of sp³-hybridized carbons (Fsp3) is 0.100.